The molecule has 0 nitrogen and oxygen atoms in total. The van der Waals surface area contributed by atoms with E-state index < -0.39 is 0 Å². The number of rotatable bonds is 0. The van der Waals surface area contributed by atoms with Crippen LogP contribution in [-0.2, 0) is 164 Å². The third-order valence-electron chi connectivity index (χ3n) is 0. The molecule has 0 atom stereocenters. The first-order valence-corrected chi connectivity index (χ1v) is 2.12. The van der Waals surface area contributed by atoms with Crippen LogP contribution in [0.2, 0.25) is 0 Å². The molecule has 0 aliphatic heterocycles. The second kappa shape index (κ2) is 445. The third kappa shape index (κ3) is 392. The van der Waals surface area contributed by atoms with Crippen molar-refractivity contribution in [1.29, 1.82) is 0 Å². The first kappa shape index (κ1) is 211. The molecule has 0 unspecified atom stereocenters. The Morgan fingerprint density at radius 2 is 0.300 bits per heavy atom. The summed E-state index contributed by atoms with van der Waals surface area (Å²) in [5, 5.41) is 0. The van der Waals surface area contributed by atoms with Crippen molar-refractivity contribution < 1.29 is 164 Å². The molecule has 0 saturated carbocycles. The number of hydrogen-bond donors (Lipinski definition) is 0. The SMILES string of the molecule is C.C.C.C.C.C.C.[CH2-]C.[CH2-]C.[CH2-]C.[CH3-].[CH3-].[Y].[Y].[Y].[Y].[Y]. The van der Waals surface area contributed by atoms with Crippen molar-refractivity contribution in [2.45, 2.75) is 72.8 Å². The van der Waals surface area contributed by atoms with Crippen molar-refractivity contribution in [3.8, 4) is 0 Å². The van der Waals surface area contributed by atoms with E-state index in [0.29, 0.717) is 0 Å². The fourth-order valence-electron chi connectivity index (χ4n) is 0. The van der Waals surface area contributed by atoms with Gasteiger partial charge < -0.3 is 35.6 Å². The van der Waals surface area contributed by atoms with E-state index in [1.165, 1.54) is 0 Å². The van der Waals surface area contributed by atoms with Gasteiger partial charge in [0.05, 0.1) is 0 Å². The Balaban J connectivity index is -0.000000000333. The van der Waals surface area contributed by atoms with Crippen molar-refractivity contribution in [1.82, 2.24) is 0 Å². The van der Waals surface area contributed by atoms with Crippen LogP contribution in [0.15, 0.2) is 0 Å². The van der Waals surface area contributed by atoms with Crippen molar-refractivity contribution in [3.05, 3.63) is 35.6 Å². The van der Waals surface area contributed by atoms with E-state index in [1.807, 2.05) is 0 Å². The molecule has 0 heterocycles. The zero-order valence-corrected chi connectivity index (χ0v) is 24.2. The molecule has 20 heavy (non-hydrogen) atoms. The van der Waals surface area contributed by atoms with Crippen LogP contribution < -0.4 is 0 Å². The maximum absolute atomic E-state index is 3.25. The molecule has 0 spiro atoms. The smallest absolute Gasteiger partial charge is 0 e. The van der Waals surface area contributed by atoms with Gasteiger partial charge in [0.25, 0.3) is 0 Å². The van der Waals surface area contributed by atoms with Gasteiger partial charge in [0.1, 0.15) is 0 Å². The molecular weight excluding hydrogens is 625 g/mol. The Kier molecular flexibility index (Phi) is 4710. The summed E-state index contributed by atoms with van der Waals surface area (Å²) in [6.45, 7) is 15.0. The van der Waals surface area contributed by atoms with Crippen LogP contribution in [0.4, 0.5) is 0 Å². The van der Waals surface area contributed by atoms with Gasteiger partial charge in [-0.3, -0.25) is 0 Å². The van der Waals surface area contributed by atoms with Gasteiger partial charge in [-0.05, 0) is 0 Å². The summed E-state index contributed by atoms with van der Waals surface area (Å²) in [5.41, 5.74) is 0. The van der Waals surface area contributed by atoms with E-state index in [4.69, 9.17) is 0 Å². The molecule has 5 heteroatoms. The first-order chi connectivity index (χ1) is 3.00. The van der Waals surface area contributed by atoms with E-state index >= 15 is 0 Å². The van der Waals surface area contributed by atoms with Crippen LogP contribution in [0.25, 0.3) is 0 Å². The molecule has 0 rings (SSSR count). The van der Waals surface area contributed by atoms with Crippen LogP contribution >= 0.6 is 0 Å². The van der Waals surface area contributed by atoms with Gasteiger partial charge in [-0.1, -0.05) is 52.0 Å². The average molecular weight is 674 g/mol. The monoisotopic (exact) mass is 674 g/mol. The Bertz CT molecular complexity index is 16.2. The normalized spacial score (nSPS) is 0.900. The summed E-state index contributed by atoms with van der Waals surface area (Å²) < 4.78 is 0. The van der Waals surface area contributed by atoms with E-state index in [2.05, 4.69) is 20.8 Å². The average Bonchev–Trinajstić information content (AvgIpc) is 1.81. The molecule has 0 amide bonds. The molecule has 5 radical (unpaired) electrons. The van der Waals surface area contributed by atoms with Gasteiger partial charge >= 0.3 is 0 Å². The Morgan fingerprint density at radius 1 is 0.300 bits per heavy atom. The minimum Gasteiger partial charge on any atom is -0.358 e. The molecule has 0 fully saturated rings. The van der Waals surface area contributed by atoms with Crippen LogP contribution in [0.3, 0.4) is 0 Å². The molecule has 129 valence electrons. The summed E-state index contributed by atoms with van der Waals surface area (Å²) in [4.78, 5) is 0. The Labute approximate surface area is 266 Å². The first-order valence-electron chi connectivity index (χ1n) is 2.12. The maximum Gasteiger partial charge on any atom is 0 e. The number of hydrogen-bond acceptors (Lipinski definition) is 0. The summed E-state index contributed by atoms with van der Waals surface area (Å²) in [7, 11) is 0. The minimum absolute atomic E-state index is 0. The van der Waals surface area contributed by atoms with Gasteiger partial charge in [0.2, 0.25) is 0 Å². The van der Waals surface area contributed by atoms with Gasteiger partial charge in [-0.15, -0.1) is 0 Å². The second-order valence-corrected chi connectivity index (χ2v) is 0. The van der Waals surface area contributed by atoms with Gasteiger partial charge in [0, 0.05) is 164 Å². The molecular formula is C15H49Y5-5. The zero-order valence-electron chi connectivity index (χ0n) is 10.0. The van der Waals surface area contributed by atoms with Crippen molar-refractivity contribution in [2.24, 2.45) is 0 Å². The van der Waals surface area contributed by atoms with Crippen molar-refractivity contribution in [2.75, 3.05) is 0 Å². The van der Waals surface area contributed by atoms with Gasteiger partial charge in [-0.2, -0.15) is 20.8 Å². The van der Waals surface area contributed by atoms with Crippen molar-refractivity contribution in [3.63, 3.8) is 0 Å². The van der Waals surface area contributed by atoms with E-state index in [-0.39, 0.29) is 230 Å². The molecule has 0 saturated heterocycles. The molecule has 0 bridgehead atoms. The fraction of sp³-hybridized carbons (Fsp3) is 0.667. The topological polar surface area (TPSA) is 0 Å². The van der Waals surface area contributed by atoms with E-state index in [1.54, 1.807) is 20.8 Å². The predicted molar refractivity (Wildman–Crippen MR) is 93.0 cm³/mol. The van der Waals surface area contributed by atoms with Crippen LogP contribution in [0.5, 0.6) is 0 Å². The fourth-order valence-corrected chi connectivity index (χ4v) is 0. The molecule has 0 aliphatic rings. The maximum atomic E-state index is 3.25. The van der Waals surface area contributed by atoms with Crippen LogP contribution in [0, 0.1) is 35.6 Å². The van der Waals surface area contributed by atoms with Gasteiger partial charge in [-0.25, -0.2) is 0 Å². The third-order valence-corrected chi connectivity index (χ3v) is 0. The summed E-state index contributed by atoms with van der Waals surface area (Å²) in [5.74, 6) is 0. The Hall–Kier alpha value is 5.52. The summed E-state index contributed by atoms with van der Waals surface area (Å²) in [6, 6.07) is 0. The molecule has 0 N–H and O–H groups in total. The molecule has 0 aromatic heterocycles. The molecule has 0 aliphatic carbocycles. The van der Waals surface area contributed by atoms with Crippen LogP contribution in [0.1, 0.15) is 72.8 Å². The summed E-state index contributed by atoms with van der Waals surface area (Å²) in [6.07, 6.45) is 0. The second-order valence-electron chi connectivity index (χ2n) is 0. The minimum atomic E-state index is 0. The van der Waals surface area contributed by atoms with Crippen molar-refractivity contribution >= 4 is 0 Å². The summed E-state index contributed by atoms with van der Waals surface area (Å²) >= 11 is 0. The predicted octanol–water partition coefficient (Wildman–Crippen LogP) is 7.86. The van der Waals surface area contributed by atoms with E-state index in [0.717, 1.165) is 0 Å². The standard InChI is InChI=1S/3C2H5.7CH4.2CH3.5Y/c3*1-2;;;;;;;;;;;;;;/h3*1H2,2H3;7*1H4;2*1H3;;;;;/q3*-1;;;;;;;;2*-1;;;;;. The van der Waals surface area contributed by atoms with E-state index in [9.17, 15) is 0 Å². The van der Waals surface area contributed by atoms with Crippen LogP contribution in [-0.4, -0.2) is 0 Å². The molecule has 0 aromatic rings. The quantitative estimate of drug-likeness (QED) is 0.230. The van der Waals surface area contributed by atoms with Gasteiger partial charge in [0.15, 0.2) is 0 Å². The zero-order chi connectivity index (χ0) is 6.00. The largest absolute Gasteiger partial charge is 0.358 e. The molecule has 0 aromatic carbocycles. The Morgan fingerprint density at radius 3 is 0.300 bits per heavy atom.